The molecule has 0 bridgehead atoms. The summed E-state index contributed by atoms with van der Waals surface area (Å²) >= 11 is 18.3. The van der Waals surface area contributed by atoms with E-state index in [2.05, 4.69) is 4.57 Å². The van der Waals surface area contributed by atoms with Gasteiger partial charge in [-0.2, -0.15) is 0 Å². The summed E-state index contributed by atoms with van der Waals surface area (Å²) in [4.78, 5) is 12.0. The summed E-state index contributed by atoms with van der Waals surface area (Å²) in [5.41, 5.74) is 4.40. The zero-order chi connectivity index (χ0) is 19.0. The van der Waals surface area contributed by atoms with Crippen LogP contribution in [0.2, 0.25) is 15.1 Å². The summed E-state index contributed by atoms with van der Waals surface area (Å²) in [5, 5.41) is 2.76. The van der Waals surface area contributed by atoms with E-state index in [4.69, 9.17) is 34.8 Å². The molecule has 0 aliphatic carbocycles. The topological polar surface area (TPSA) is 22.0 Å². The number of carbonyl (C=O) groups is 1. The van der Waals surface area contributed by atoms with Gasteiger partial charge < -0.3 is 4.57 Å². The highest BCUT2D eigenvalue weighted by atomic mass is 35.5. The van der Waals surface area contributed by atoms with Crippen LogP contribution in [0, 0.1) is 0 Å². The highest BCUT2D eigenvalue weighted by Gasteiger charge is 2.19. The fourth-order valence-electron chi connectivity index (χ4n) is 3.33. The van der Waals surface area contributed by atoms with E-state index in [-0.39, 0.29) is 0 Å². The maximum atomic E-state index is 12.0. The Hall–Kier alpha value is -2.26. The minimum absolute atomic E-state index is 0.594. The van der Waals surface area contributed by atoms with Crippen LogP contribution >= 0.6 is 34.8 Å². The molecule has 0 spiro atoms. The van der Waals surface area contributed by atoms with Crippen LogP contribution < -0.4 is 0 Å². The van der Waals surface area contributed by atoms with Crippen molar-refractivity contribution < 1.29 is 4.79 Å². The third-order valence-corrected chi connectivity index (χ3v) is 5.29. The zero-order valence-corrected chi connectivity index (χ0v) is 16.4. The predicted octanol–water partition coefficient (Wildman–Crippen LogP) is 7.13. The van der Waals surface area contributed by atoms with E-state index in [1.165, 1.54) is 0 Å². The van der Waals surface area contributed by atoms with Gasteiger partial charge in [0.05, 0.1) is 5.69 Å². The molecule has 0 radical (unpaired) electrons. The number of hydrogen-bond donors (Lipinski definition) is 0. The molecule has 2 nitrogen and oxygen atoms in total. The third kappa shape index (κ3) is 3.49. The van der Waals surface area contributed by atoms with Crippen LogP contribution in [-0.4, -0.2) is 10.9 Å². The summed E-state index contributed by atoms with van der Waals surface area (Å²) in [6, 6.07) is 20.8. The molecule has 0 aliphatic heterocycles. The number of halogens is 3. The molecule has 27 heavy (non-hydrogen) atoms. The standard InChI is InChI=1S/C22H14Cl3NO/c23-16-5-1-14(2-6-16)12-26-21-10-9-18(25)11-19(21)20(13-27)22(26)15-3-7-17(24)8-4-15/h1-11,13H,12H2. The van der Waals surface area contributed by atoms with Crippen molar-refractivity contribution in [1.29, 1.82) is 0 Å². The Bertz CT molecular complexity index is 1130. The molecular formula is C22H14Cl3NO. The Morgan fingerprint density at radius 1 is 0.778 bits per heavy atom. The normalized spacial score (nSPS) is 11.1. The van der Waals surface area contributed by atoms with Crippen LogP contribution in [0.15, 0.2) is 66.7 Å². The number of aromatic nitrogens is 1. The lowest BCUT2D eigenvalue weighted by Gasteiger charge is -2.12. The van der Waals surface area contributed by atoms with E-state index in [1.807, 2.05) is 66.7 Å². The van der Waals surface area contributed by atoms with Gasteiger partial charge in [-0.1, -0.05) is 59.1 Å². The Morgan fingerprint density at radius 2 is 1.37 bits per heavy atom. The Labute approximate surface area is 171 Å². The molecule has 1 heterocycles. The molecule has 0 unspecified atom stereocenters. The monoisotopic (exact) mass is 413 g/mol. The molecule has 0 saturated carbocycles. The van der Waals surface area contributed by atoms with Gasteiger partial charge in [-0.3, -0.25) is 4.79 Å². The number of nitrogens with zero attached hydrogens (tertiary/aromatic N) is 1. The first-order valence-electron chi connectivity index (χ1n) is 8.34. The van der Waals surface area contributed by atoms with Crippen LogP contribution in [0.1, 0.15) is 15.9 Å². The van der Waals surface area contributed by atoms with E-state index in [9.17, 15) is 4.79 Å². The predicted molar refractivity (Wildman–Crippen MR) is 113 cm³/mol. The van der Waals surface area contributed by atoms with Crippen molar-refractivity contribution in [3.8, 4) is 11.3 Å². The Morgan fingerprint density at radius 3 is 2.00 bits per heavy atom. The van der Waals surface area contributed by atoms with Crippen molar-refractivity contribution in [1.82, 2.24) is 4.57 Å². The quantitative estimate of drug-likeness (QED) is 0.326. The first-order valence-corrected chi connectivity index (χ1v) is 9.47. The van der Waals surface area contributed by atoms with Crippen LogP contribution in [0.5, 0.6) is 0 Å². The lowest BCUT2D eigenvalue weighted by molar-refractivity contribution is 0.112. The van der Waals surface area contributed by atoms with Gasteiger partial charge in [-0.15, -0.1) is 0 Å². The van der Waals surface area contributed by atoms with Gasteiger partial charge >= 0.3 is 0 Å². The fourth-order valence-corrected chi connectivity index (χ4v) is 3.75. The first-order chi connectivity index (χ1) is 13.1. The second kappa shape index (κ2) is 7.40. The molecule has 0 fully saturated rings. The van der Waals surface area contributed by atoms with Gasteiger partial charge in [-0.05, 0) is 53.6 Å². The number of carbonyl (C=O) groups excluding carboxylic acids is 1. The van der Waals surface area contributed by atoms with E-state index in [1.54, 1.807) is 0 Å². The van der Waals surface area contributed by atoms with Crippen molar-refractivity contribution >= 4 is 52.0 Å². The second-order valence-electron chi connectivity index (χ2n) is 6.26. The van der Waals surface area contributed by atoms with Gasteiger partial charge in [0.1, 0.15) is 0 Å². The first kappa shape index (κ1) is 18.1. The van der Waals surface area contributed by atoms with Crippen LogP contribution in [0.4, 0.5) is 0 Å². The van der Waals surface area contributed by atoms with Crippen molar-refractivity contribution in [2.75, 3.05) is 0 Å². The van der Waals surface area contributed by atoms with E-state index in [0.29, 0.717) is 27.2 Å². The minimum Gasteiger partial charge on any atom is -0.335 e. The molecular weight excluding hydrogens is 401 g/mol. The van der Waals surface area contributed by atoms with Crippen LogP contribution in [0.3, 0.4) is 0 Å². The summed E-state index contributed by atoms with van der Waals surface area (Å²) in [6.07, 6.45) is 0.890. The van der Waals surface area contributed by atoms with Gasteiger partial charge in [0.15, 0.2) is 6.29 Å². The third-order valence-electron chi connectivity index (χ3n) is 4.55. The minimum atomic E-state index is 0.594. The average Bonchev–Trinajstić information content (AvgIpc) is 2.96. The second-order valence-corrected chi connectivity index (χ2v) is 7.57. The average molecular weight is 415 g/mol. The molecule has 0 aliphatic rings. The summed E-state index contributed by atoms with van der Waals surface area (Å²) in [7, 11) is 0. The van der Waals surface area contributed by atoms with Crippen molar-refractivity contribution in [2.24, 2.45) is 0 Å². The van der Waals surface area contributed by atoms with Crippen molar-refractivity contribution in [3.63, 3.8) is 0 Å². The number of aldehydes is 1. The maximum Gasteiger partial charge on any atom is 0.152 e. The molecule has 1 aromatic heterocycles. The number of rotatable bonds is 4. The molecule has 0 amide bonds. The van der Waals surface area contributed by atoms with Crippen molar-refractivity contribution in [3.05, 3.63) is 92.9 Å². The van der Waals surface area contributed by atoms with Gasteiger partial charge in [0.25, 0.3) is 0 Å². The largest absolute Gasteiger partial charge is 0.335 e. The molecule has 0 N–H and O–H groups in total. The van der Waals surface area contributed by atoms with Gasteiger partial charge in [0, 0.05) is 38.1 Å². The molecule has 4 rings (SSSR count). The Balaban J connectivity index is 1.99. The number of fused-ring (bicyclic) bond motifs is 1. The maximum absolute atomic E-state index is 12.0. The summed E-state index contributed by atoms with van der Waals surface area (Å²) in [6.45, 7) is 0.598. The highest BCUT2D eigenvalue weighted by Crippen LogP contribution is 2.35. The van der Waals surface area contributed by atoms with E-state index < -0.39 is 0 Å². The highest BCUT2D eigenvalue weighted by molar-refractivity contribution is 6.32. The molecule has 3 aromatic carbocycles. The molecule has 5 heteroatoms. The number of hydrogen-bond acceptors (Lipinski definition) is 1. The molecule has 0 saturated heterocycles. The van der Waals surface area contributed by atoms with E-state index in [0.717, 1.165) is 34.0 Å². The fraction of sp³-hybridized carbons (Fsp3) is 0.0455. The van der Waals surface area contributed by atoms with Gasteiger partial charge in [0.2, 0.25) is 0 Å². The molecule has 0 atom stereocenters. The number of benzene rings is 3. The van der Waals surface area contributed by atoms with Crippen molar-refractivity contribution in [2.45, 2.75) is 6.54 Å². The SMILES string of the molecule is O=Cc1c(-c2ccc(Cl)cc2)n(Cc2ccc(Cl)cc2)c2ccc(Cl)cc12. The Kier molecular flexibility index (Phi) is 4.96. The molecule has 4 aromatic rings. The van der Waals surface area contributed by atoms with Crippen LogP contribution in [0.25, 0.3) is 22.2 Å². The zero-order valence-electron chi connectivity index (χ0n) is 14.1. The van der Waals surface area contributed by atoms with E-state index >= 15 is 0 Å². The summed E-state index contributed by atoms with van der Waals surface area (Å²) < 4.78 is 2.13. The molecule has 134 valence electrons. The lowest BCUT2D eigenvalue weighted by atomic mass is 10.1. The van der Waals surface area contributed by atoms with Gasteiger partial charge in [-0.25, -0.2) is 0 Å². The lowest BCUT2D eigenvalue weighted by Crippen LogP contribution is -2.02. The van der Waals surface area contributed by atoms with Crippen LogP contribution in [-0.2, 0) is 6.54 Å². The summed E-state index contributed by atoms with van der Waals surface area (Å²) in [5.74, 6) is 0. The smallest absolute Gasteiger partial charge is 0.152 e.